The molecule has 28 heavy (non-hydrogen) atoms. The quantitative estimate of drug-likeness (QED) is 0.353. The SMILES string of the molecule is CCNC(=NCc1cccc(N(C)C)n1)NCC1CCCOC1C(C)(C)C.I. The van der Waals surface area contributed by atoms with Crippen molar-refractivity contribution in [2.24, 2.45) is 16.3 Å². The van der Waals surface area contributed by atoms with E-state index in [0.717, 1.165) is 43.6 Å². The van der Waals surface area contributed by atoms with Crippen LogP contribution in [0.25, 0.3) is 0 Å². The molecule has 1 aromatic rings. The van der Waals surface area contributed by atoms with Gasteiger partial charge in [0.15, 0.2) is 5.96 Å². The smallest absolute Gasteiger partial charge is 0.191 e. The van der Waals surface area contributed by atoms with Crippen molar-refractivity contribution in [2.45, 2.75) is 53.2 Å². The van der Waals surface area contributed by atoms with Crippen LogP contribution in [0.3, 0.4) is 0 Å². The topological polar surface area (TPSA) is 61.8 Å². The molecule has 0 aromatic carbocycles. The lowest BCUT2D eigenvalue weighted by Crippen LogP contribution is -2.47. The predicted molar refractivity (Wildman–Crippen MR) is 129 cm³/mol. The first-order valence-electron chi connectivity index (χ1n) is 10.1. The molecule has 0 spiro atoms. The van der Waals surface area contributed by atoms with Crippen LogP contribution in [0, 0.1) is 11.3 Å². The van der Waals surface area contributed by atoms with Gasteiger partial charge in [0.1, 0.15) is 5.82 Å². The Morgan fingerprint density at radius 1 is 1.29 bits per heavy atom. The number of nitrogens with one attached hydrogen (secondary N) is 2. The van der Waals surface area contributed by atoms with Crippen molar-refractivity contribution in [3.8, 4) is 0 Å². The summed E-state index contributed by atoms with van der Waals surface area (Å²) in [4.78, 5) is 11.4. The Kier molecular flexibility index (Phi) is 10.5. The highest BCUT2D eigenvalue weighted by Gasteiger charge is 2.35. The van der Waals surface area contributed by atoms with Crippen LogP contribution in [-0.2, 0) is 11.3 Å². The van der Waals surface area contributed by atoms with Crippen molar-refractivity contribution in [2.75, 3.05) is 38.7 Å². The van der Waals surface area contributed by atoms with Crippen LogP contribution in [-0.4, -0.2) is 50.8 Å². The molecule has 7 heteroatoms. The third-order valence-electron chi connectivity index (χ3n) is 4.82. The number of hydrogen-bond acceptors (Lipinski definition) is 4. The summed E-state index contributed by atoms with van der Waals surface area (Å²) >= 11 is 0. The van der Waals surface area contributed by atoms with E-state index in [0.29, 0.717) is 12.5 Å². The van der Waals surface area contributed by atoms with Crippen molar-refractivity contribution >= 4 is 35.8 Å². The molecule has 2 heterocycles. The minimum Gasteiger partial charge on any atom is -0.377 e. The zero-order valence-electron chi connectivity index (χ0n) is 18.3. The number of ether oxygens (including phenoxy) is 1. The van der Waals surface area contributed by atoms with E-state index < -0.39 is 0 Å². The maximum Gasteiger partial charge on any atom is 0.191 e. The second-order valence-electron chi connectivity index (χ2n) is 8.52. The average Bonchev–Trinajstić information content (AvgIpc) is 2.63. The molecular weight excluding hydrogens is 465 g/mol. The first-order valence-corrected chi connectivity index (χ1v) is 10.1. The molecule has 1 fully saturated rings. The lowest BCUT2D eigenvalue weighted by atomic mass is 9.78. The van der Waals surface area contributed by atoms with Gasteiger partial charge >= 0.3 is 0 Å². The summed E-state index contributed by atoms with van der Waals surface area (Å²) < 4.78 is 6.10. The van der Waals surface area contributed by atoms with Gasteiger partial charge in [-0.3, -0.25) is 0 Å². The molecule has 0 radical (unpaired) electrons. The first kappa shape index (κ1) is 24.9. The summed E-state index contributed by atoms with van der Waals surface area (Å²) in [5.41, 5.74) is 1.12. The molecule has 0 bridgehead atoms. The Morgan fingerprint density at radius 2 is 2.04 bits per heavy atom. The number of hydrogen-bond donors (Lipinski definition) is 2. The summed E-state index contributed by atoms with van der Waals surface area (Å²) in [7, 11) is 4.00. The van der Waals surface area contributed by atoms with Crippen LogP contribution in [0.5, 0.6) is 0 Å². The zero-order chi connectivity index (χ0) is 19.9. The number of halogens is 1. The molecule has 2 rings (SSSR count). The molecule has 1 aromatic heterocycles. The lowest BCUT2D eigenvalue weighted by Gasteiger charge is -2.40. The molecule has 0 aliphatic carbocycles. The van der Waals surface area contributed by atoms with Gasteiger partial charge in [-0.05, 0) is 37.3 Å². The van der Waals surface area contributed by atoms with Gasteiger partial charge in [-0.2, -0.15) is 0 Å². The number of rotatable bonds is 6. The van der Waals surface area contributed by atoms with E-state index >= 15 is 0 Å². The Balaban J connectivity index is 0.00000392. The highest BCUT2D eigenvalue weighted by Crippen LogP contribution is 2.33. The number of pyridine rings is 1. The Labute approximate surface area is 187 Å². The van der Waals surface area contributed by atoms with Gasteiger partial charge in [0.2, 0.25) is 0 Å². The normalized spacial score (nSPS) is 20.3. The van der Waals surface area contributed by atoms with Crippen LogP contribution in [0.15, 0.2) is 23.2 Å². The molecule has 0 saturated carbocycles. The fourth-order valence-corrected chi connectivity index (χ4v) is 3.54. The van der Waals surface area contributed by atoms with Gasteiger partial charge in [0.25, 0.3) is 0 Å². The number of guanidine groups is 1. The Bertz CT molecular complexity index is 615. The fraction of sp³-hybridized carbons (Fsp3) is 0.714. The van der Waals surface area contributed by atoms with Crippen LogP contribution in [0.2, 0.25) is 0 Å². The molecule has 0 amide bonds. The molecule has 2 N–H and O–H groups in total. The van der Waals surface area contributed by atoms with E-state index in [1.54, 1.807) is 0 Å². The summed E-state index contributed by atoms with van der Waals surface area (Å²) in [6.45, 7) is 12.0. The Morgan fingerprint density at radius 3 is 2.68 bits per heavy atom. The second-order valence-corrected chi connectivity index (χ2v) is 8.52. The number of nitrogens with zero attached hydrogens (tertiary/aromatic N) is 3. The molecule has 2 atom stereocenters. The number of aromatic nitrogens is 1. The van der Waals surface area contributed by atoms with Crippen LogP contribution in [0.1, 0.15) is 46.2 Å². The monoisotopic (exact) mass is 503 g/mol. The van der Waals surface area contributed by atoms with Gasteiger partial charge in [-0.1, -0.05) is 26.8 Å². The van der Waals surface area contributed by atoms with Crippen LogP contribution < -0.4 is 15.5 Å². The largest absolute Gasteiger partial charge is 0.377 e. The standard InChI is InChI=1S/C21H37N5O.HI/c1-7-22-20(24-15-17-11-8-12-18(25-17)26(5)6)23-14-16-10-9-13-27-19(16)21(2,3)4;/h8,11-12,16,19H,7,9-10,13-15H2,1-6H3,(H2,22,23,24);1H. The molecule has 1 aliphatic rings. The van der Waals surface area contributed by atoms with Crippen molar-refractivity contribution < 1.29 is 4.74 Å². The molecule has 1 aliphatic heterocycles. The van der Waals surface area contributed by atoms with Crippen molar-refractivity contribution in [3.63, 3.8) is 0 Å². The lowest BCUT2D eigenvalue weighted by molar-refractivity contribution is -0.0835. The van der Waals surface area contributed by atoms with E-state index in [4.69, 9.17) is 9.73 Å². The highest BCUT2D eigenvalue weighted by atomic mass is 127. The summed E-state index contributed by atoms with van der Waals surface area (Å²) in [6, 6.07) is 6.05. The third-order valence-corrected chi connectivity index (χ3v) is 4.82. The van der Waals surface area contributed by atoms with Gasteiger partial charge in [-0.25, -0.2) is 9.98 Å². The fourth-order valence-electron chi connectivity index (χ4n) is 3.54. The van der Waals surface area contributed by atoms with E-state index in [1.165, 1.54) is 6.42 Å². The Hall–Kier alpha value is -1.09. The number of anilines is 1. The summed E-state index contributed by atoms with van der Waals surface area (Å²) in [5, 5.41) is 6.86. The van der Waals surface area contributed by atoms with E-state index in [-0.39, 0.29) is 35.5 Å². The van der Waals surface area contributed by atoms with Crippen molar-refractivity contribution in [3.05, 3.63) is 23.9 Å². The minimum atomic E-state index is 0. The maximum atomic E-state index is 6.10. The zero-order valence-corrected chi connectivity index (χ0v) is 20.6. The van der Waals surface area contributed by atoms with Crippen molar-refractivity contribution in [1.82, 2.24) is 15.6 Å². The number of aliphatic imine (C=N–C) groups is 1. The minimum absolute atomic E-state index is 0. The van der Waals surface area contributed by atoms with Crippen molar-refractivity contribution in [1.29, 1.82) is 0 Å². The molecule has 6 nitrogen and oxygen atoms in total. The summed E-state index contributed by atoms with van der Waals surface area (Å²) in [6.07, 6.45) is 2.61. The van der Waals surface area contributed by atoms with Gasteiger partial charge in [-0.15, -0.1) is 24.0 Å². The third kappa shape index (κ3) is 7.73. The van der Waals surface area contributed by atoms with Crippen LogP contribution >= 0.6 is 24.0 Å². The molecule has 2 unspecified atom stereocenters. The highest BCUT2D eigenvalue weighted by molar-refractivity contribution is 14.0. The van der Waals surface area contributed by atoms with E-state index in [9.17, 15) is 0 Å². The molecular formula is C21H38IN5O. The van der Waals surface area contributed by atoms with Gasteiger partial charge in [0.05, 0.1) is 18.3 Å². The first-order chi connectivity index (χ1) is 12.8. The average molecular weight is 503 g/mol. The van der Waals surface area contributed by atoms with Crippen LogP contribution in [0.4, 0.5) is 5.82 Å². The second kappa shape index (κ2) is 11.8. The van der Waals surface area contributed by atoms with E-state index in [2.05, 4.69) is 43.3 Å². The molecule has 160 valence electrons. The van der Waals surface area contributed by atoms with Gasteiger partial charge < -0.3 is 20.3 Å². The van der Waals surface area contributed by atoms with Gasteiger partial charge in [0, 0.05) is 39.7 Å². The summed E-state index contributed by atoms with van der Waals surface area (Å²) in [5.74, 6) is 2.29. The maximum absolute atomic E-state index is 6.10. The van der Waals surface area contributed by atoms with E-state index in [1.807, 2.05) is 37.2 Å². The molecule has 1 saturated heterocycles. The predicted octanol–water partition coefficient (Wildman–Crippen LogP) is 3.66.